The number of fused-ring (bicyclic) bond motifs is 1. The van der Waals surface area contributed by atoms with Crippen LogP contribution in [0.15, 0.2) is 48.9 Å². The number of methoxy groups -OCH3 is 1. The molecule has 0 aliphatic carbocycles. The molecule has 0 unspecified atom stereocenters. The maximum Gasteiger partial charge on any atom is 0.187 e. The predicted octanol–water partition coefficient (Wildman–Crippen LogP) is 2.99. The molecular weight excluding hydrogens is 472 g/mol. The number of hydrogen-bond donors (Lipinski definition) is 1. The van der Waals surface area contributed by atoms with Crippen molar-refractivity contribution in [1.29, 1.82) is 5.26 Å². The van der Waals surface area contributed by atoms with Crippen molar-refractivity contribution in [2.24, 2.45) is 0 Å². The van der Waals surface area contributed by atoms with Crippen LogP contribution >= 0.6 is 0 Å². The van der Waals surface area contributed by atoms with E-state index >= 15 is 0 Å². The van der Waals surface area contributed by atoms with Crippen LogP contribution in [-0.2, 0) is 11.3 Å². The second kappa shape index (κ2) is 11.6. The normalized spacial score (nSPS) is 13.8. The van der Waals surface area contributed by atoms with E-state index < -0.39 is 0 Å². The summed E-state index contributed by atoms with van der Waals surface area (Å²) in [5, 5.41) is 25.1. The fourth-order valence-corrected chi connectivity index (χ4v) is 4.32. The van der Waals surface area contributed by atoms with E-state index in [-0.39, 0.29) is 0 Å². The molecule has 2 aromatic carbocycles. The van der Waals surface area contributed by atoms with E-state index in [1.807, 2.05) is 36.4 Å². The van der Waals surface area contributed by atoms with Crippen molar-refractivity contribution >= 4 is 22.3 Å². The number of ether oxygens (including phenoxy) is 3. The van der Waals surface area contributed by atoms with Gasteiger partial charge in [-0.05, 0) is 46.7 Å². The number of pyridine rings is 1. The molecule has 1 aliphatic heterocycles. The van der Waals surface area contributed by atoms with Crippen LogP contribution < -0.4 is 14.8 Å². The van der Waals surface area contributed by atoms with Crippen LogP contribution in [0.5, 0.6) is 11.5 Å². The Morgan fingerprint density at radius 3 is 2.70 bits per heavy atom. The summed E-state index contributed by atoms with van der Waals surface area (Å²) in [6.45, 7) is 5.60. The third-order valence-electron chi connectivity index (χ3n) is 6.22. The summed E-state index contributed by atoms with van der Waals surface area (Å²) < 4.78 is 18.8. The molecule has 4 aromatic rings. The minimum Gasteiger partial charge on any atom is -0.491 e. The van der Waals surface area contributed by atoms with Crippen molar-refractivity contribution in [2.75, 3.05) is 51.9 Å². The molecule has 0 saturated carbocycles. The Hall–Kier alpha value is -4.27. The summed E-state index contributed by atoms with van der Waals surface area (Å²) >= 11 is 0. The first-order valence-electron chi connectivity index (χ1n) is 12.1. The lowest BCUT2D eigenvalue weighted by molar-refractivity contribution is 0.0357. The lowest BCUT2D eigenvalue weighted by Gasteiger charge is -2.26. The van der Waals surface area contributed by atoms with Crippen LogP contribution in [0, 0.1) is 11.3 Å². The molecule has 0 spiro atoms. The topological polar surface area (TPSA) is 123 Å². The van der Waals surface area contributed by atoms with Gasteiger partial charge >= 0.3 is 0 Å². The summed E-state index contributed by atoms with van der Waals surface area (Å²) in [6.07, 6.45) is 4.03. The Kier molecular flexibility index (Phi) is 7.69. The highest BCUT2D eigenvalue weighted by molar-refractivity contribution is 5.99. The number of nitriles is 1. The maximum absolute atomic E-state index is 9.76. The molecular formula is C26H28N8O3. The molecule has 0 bridgehead atoms. The number of tetrazole rings is 1. The smallest absolute Gasteiger partial charge is 0.187 e. The van der Waals surface area contributed by atoms with Crippen molar-refractivity contribution in [3.05, 3.63) is 60.0 Å². The number of anilines is 2. The SMILES string of the molecule is COc1c(OCCCN2CCOCC2)ccc2c(Nc3ccc(Cn4cnnn4)cc3)c(C#N)cnc12. The summed E-state index contributed by atoms with van der Waals surface area (Å²) in [5.41, 5.74) is 3.62. The Labute approximate surface area is 214 Å². The minimum atomic E-state index is 0.437. The Balaban J connectivity index is 1.33. The van der Waals surface area contributed by atoms with Crippen LogP contribution in [0.1, 0.15) is 17.5 Å². The van der Waals surface area contributed by atoms with E-state index in [4.69, 9.17) is 14.2 Å². The predicted molar refractivity (Wildman–Crippen MR) is 137 cm³/mol. The number of rotatable bonds is 10. The van der Waals surface area contributed by atoms with E-state index in [1.54, 1.807) is 24.3 Å². The molecule has 3 heterocycles. The van der Waals surface area contributed by atoms with E-state index in [1.165, 1.54) is 0 Å². The molecule has 37 heavy (non-hydrogen) atoms. The average Bonchev–Trinajstić information content (AvgIpc) is 3.45. The highest BCUT2D eigenvalue weighted by atomic mass is 16.5. The molecule has 11 heteroatoms. The van der Waals surface area contributed by atoms with E-state index in [2.05, 4.69) is 36.8 Å². The van der Waals surface area contributed by atoms with Gasteiger partial charge in [-0.2, -0.15) is 5.26 Å². The third-order valence-corrected chi connectivity index (χ3v) is 6.22. The number of hydrogen-bond acceptors (Lipinski definition) is 10. The second-order valence-corrected chi connectivity index (χ2v) is 8.64. The third kappa shape index (κ3) is 5.77. The molecule has 190 valence electrons. The van der Waals surface area contributed by atoms with Crippen molar-refractivity contribution in [3.63, 3.8) is 0 Å². The number of morpholine rings is 1. The maximum atomic E-state index is 9.76. The first-order chi connectivity index (χ1) is 18.2. The highest BCUT2D eigenvalue weighted by Crippen LogP contribution is 2.39. The largest absolute Gasteiger partial charge is 0.491 e. The summed E-state index contributed by atoms with van der Waals surface area (Å²) in [4.78, 5) is 6.91. The Morgan fingerprint density at radius 2 is 1.97 bits per heavy atom. The van der Waals surface area contributed by atoms with Gasteiger partial charge in [-0.1, -0.05) is 12.1 Å². The first kappa shape index (κ1) is 24.4. The number of nitrogens with zero attached hydrogens (tertiary/aromatic N) is 7. The van der Waals surface area contributed by atoms with Gasteiger partial charge in [0.25, 0.3) is 0 Å². The second-order valence-electron chi connectivity index (χ2n) is 8.64. The van der Waals surface area contributed by atoms with Gasteiger partial charge in [0.1, 0.15) is 17.9 Å². The van der Waals surface area contributed by atoms with Crippen molar-refractivity contribution in [1.82, 2.24) is 30.1 Å². The summed E-state index contributed by atoms with van der Waals surface area (Å²) in [6, 6.07) is 13.9. The van der Waals surface area contributed by atoms with Gasteiger partial charge in [0.05, 0.1) is 44.7 Å². The molecule has 1 fully saturated rings. The Bertz CT molecular complexity index is 1360. The van der Waals surface area contributed by atoms with Gasteiger partial charge in [-0.3, -0.25) is 9.88 Å². The van der Waals surface area contributed by atoms with Crippen LogP contribution in [0.3, 0.4) is 0 Å². The standard InChI is InChI=1S/C26H28N8O3/c1-35-26-23(37-12-2-9-33-10-13-36-14-11-33)8-7-22-24(20(15-27)16-28-25(22)26)30-21-5-3-19(4-6-21)17-34-18-29-31-32-34/h3-8,16,18H,2,9-14,17H2,1H3,(H,28,30). The molecule has 0 amide bonds. The van der Waals surface area contributed by atoms with Crippen molar-refractivity contribution in [3.8, 4) is 17.6 Å². The zero-order valence-corrected chi connectivity index (χ0v) is 20.6. The number of aromatic nitrogens is 5. The number of nitrogens with one attached hydrogen (secondary N) is 1. The van der Waals surface area contributed by atoms with Gasteiger partial charge in [0.15, 0.2) is 11.5 Å². The molecule has 0 radical (unpaired) electrons. The van der Waals surface area contributed by atoms with Crippen LogP contribution in [0.25, 0.3) is 10.9 Å². The van der Waals surface area contributed by atoms with Crippen molar-refractivity contribution in [2.45, 2.75) is 13.0 Å². The monoisotopic (exact) mass is 500 g/mol. The molecule has 0 atom stereocenters. The highest BCUT2D eigenvalue weighted by Gasteiger charge is 2.17. The first-order valence-corrected chi connectivity index (χ1v) is 12.1. The summed E-state index contributed by atoms with van der Waals surface area (Å²) in [7, 11) is 1.60. The fourth-order valence-electron chi connectivity index (χ4n) is 4.32. The molecule has 5 rings (SSSR count). The van der Waals surface area contributed by atoms with Gasteiger partial charge in [-0.25, -0.2) is 4.68 Å². The molecule has 11 nitrogen and oxygen atoms in total. The lowest BCUT2D eigenvalue weighted by atomic mass is 10.1. The van der Waals surface area contributed by atoms with Gasteiger partial charge in [0.2, 0.25) is 0 Å². The lowest BCUT2D eigenvalue weighted by Crippen LogP contribution is -2.37. The molecule has 1 aliphatic rings. The molecule has 1 N–H and O–H groups in total. The number of benzene rings is 2. The quantitative estimate of drug-likeness (QED) is 0.325. The van der Waals surface area contributed by atoms with Crippen molar-refractivity contribution < 1.29 is 14.2 Å². The van der Waals surface area contributed by atoms with E-state index in [0.29, 0.717) is 41.4 Å². The fraction of sp³-hybridized carbons (Fsp3) is 0.346. The van der Waals surface area contributed by atoms with Gasteiger partial charge in [0, 0.05) is 36.9 Å². The Morgan fingerprint density at radius 1 is 1.14 bits per heavy atom. The molecule has 1 saturated heterocycles. The average molecular weight is 501 g/mol. The van der Waals surface area contributed by atoms with Gasteiger partial charge < -0.3 is 19.5 Å². The van der Waals surface area contributed by atoms with Crippen LogP contribution in [0.4, 0.5) is 11.4 Å². The van der Waals surface area contributed by atoms with E-state index in [9.17, 15) is 5.26 Å². The molecule has 2 aromatic heterocycles. The minimum absolute atomic E-state index is 0.437. The zero-order chi connectivity index (χ0) is 25.5. The van der Waals surface area contributed by atoms with Crippen LogP contribution in [0.2, 0.25) is 0 Å². The summed E-state index contributed by atoms with van der Waals surface area (Å²) in [5.74, 6) is 1.18. The van der Waals surface area contributed by atoms with E-state index in [0.717, 1.165) is 55.9 Å². The van der Waals surface area contributed by atoms with Crippen LogP contribution in [-0.4, -0.2) is 76.7 Å². The van der Waals surface area contributed by atoms with Gasteiger partial charge in [-0.15, -0.1) is 5.10 Å². The zero-order valence-electron chi connectivity index (χ0n) is 20.6.